The number of carbonyl (C=O) groups is 1. The van der Waals surface area contributed by atoms with Gasteiger partial charge in [-0.05, 0) is 74.3 Å². The van der Waals surface area contributed by atoms with Crippen LogP contribution in [0, 0.1) is 0 Å². The molecule has 1 amide bonds. The third-order valence-electron chi connectivity index (χ3n) is 5.67. The molecule has 1 saturated heterocycles. The third kappa shape index (κ3) is 3.68. The summed E-state index contributed by atoms with van der Waals surface area (Å²) in [6.45, 7) is 3.68. The highest BCUT2D eigenvalue weighted by molar-refractivity contribution is 6.29. The number of ether oxygens (including phenoxy) is 1. The van der Waals surface area contributed by atoms with Crippen molar-refractivity contribution in [1.82, 2.24) is 9.88 Å². The lowest BCUT2D eigenvalue weighted by atomic mass is 9.84. The summed E-state index contributed by atoms with van der Waals surface area (Å²) in [6.07, 6.45) is 9.48. The molecule has 0 atom stereocenters. The Morgan fingerprint density at radius 2 is 2.00 bits per heavy atom. The van der Waals surface area contributed by atoms with E-state index in [1.54, 1.807) is 0 Å². The van der Waals surface area contributed by atoms with E-state index < -0.39 is 0 Å². The normalized spacial score (nSPS) is 19.9. The number of nitrogens with zero attached hydrogens (tertiary/aromatic N) is 2. The van der Waals surface area contributed by atoms with Crippen molar-refractivity contribution in [2.75, 3.05) is 19.7 Å². The number of hydrogen-bond acceptors (Lipinski definition) is 3. The van der Waals surface area contributed by atoms with E-state index in [0.29, 0.717) is 19.7 Å². The van der Waals surface area contributed by atoms with Gasteiger partial charge in [-0.15, -0.1) is 0 Å². The number of amides is 1. The molecule has 5 heteroatoms. The van der Waals surface area contributed by atoms with Crippen LogP contribution in [0.2, 0.25) is 0 Å². The molecule has 1 fully saturated rings. The highest BCUT2D eigenvalue weighted by Gasteiger charge is 2.28. The Labute approximate surface area is 165 Å². The topological polar surface area (TPSA) is 42.4 Å². The molecule has 0 spiro atoms. The lowest BCUT2D eigenvalue weighted by molar-refractivity contribution is 0.104. The zero-order valence-corrected chi connectivity index (χ0v) is 16.5. The van der Waals surface area contributed by atoms with Crippen LogP contribution in [-0.2, 0) is 11.2 Å². The molecule has 1 aromatic heterocycles. The zero-order chi connectivity index (χ0) is 18.8. The fourth-order valence-electron chi connectivity index (χ4n) is 4.34. The Bertz CT molecular complexity index is 844. The molecular weight excluding hydrogens is 360 g/mol. The Balaban J connectivity index is 1.73. The van der Waals surface area contributed by atoms with Gasteiger partial charge in [0.05, 0.1) is 12.3 Å². The summed E-state index contributed by atoms with van der Waals surface area (Å²) < 4.78 is 5.16. The van der Waals surface area contributed by atoms with Crippen LogP contribution in [0.15, 0.2) is 46.2 Å². The van der Waals surface area contributed by atoms with Crippen LogP contribution in [0.3, 0.4) is 0 Å². The quantitative estimate of drug-likeness (QED) is 0.664. The Morgan fingerprint density at radius 3 is 2.78 bits per heavy atom. The van der Waals surface area contributed by atoms with E-state index in [1.165, 1.54) is 27.9 Å². The summed E-state index contributed by atoms with van der Waals surface area (Å²) in [5, 5.41) is 0.953. The second-order valence-corrected chi connectivity index (χ2v) is 7.76. The molecule has 0 aromatic carbocycles. The van der Waals surface area contributed by atoms with Crippen LogP contribution in [0.25, 0.3) is 5.57 Å². The third-order valence-corrected chi connectivity index (χ3v) is 5.97. The van der Waals surface area contributed by atoms with Gasteiger partial charge in [-0.1, -0.05) is 23.2 Å². The average Bonchev–Trinajstić information content (AvgIpc) is 2.85. The summed E-state index contributed by atoms with van der Waals surface area (Å²) in [7, 11) is 0. The molecule has 2 aliphatic carbocycles. The molecule has 0 radical (unpaired) electrons. The van der Waals surface area contributed by atoms with Crippen LogP contribution >= 0.6 is 11.6 Å². The van der Waals surface area contributed by atoms with Crippen molar-refractivity contribution in [2.24, 2.45) is 0 Å². The second-order valence-electron chi connectivity index (χ2n) is 7.27. The van der Waals surface area contributed by atoms with Gasteiger partial charge in [-0.3, -0.25) is 4.98 Å². The zero-order valence-electron chi connectivity index (χ0n) is 15.8. The summed E-state index contributed by atoms with van der Waals surface area (Å²) >= 11 is 6.36. The predicted molar refractivity (Wildman–Crippen MR) is 108 cm³/mol. The maximum Gasteiger partial charge on any atom is 0.409 e. The smallest absolute Gasteiger partial charge is 0.409 e. The summed E-state index contributed by atoms with van der Waals surface area (Å²) in [6, 6.07) is 4.22. The van der Waals surface area contributed by atoms with E-state index in [2.05, 4.69) is 12.1 Å². The molecule has 27 heavy (non-hydrogen) atoms. The lowest BCUT2D eigenvalue weighted by Crippen LogP contribution is -2.37. The van der Waals surface area contributed by atoms with Crippen molar-refractivity contribution in [2.45, 2.75) is 45.4 Å². The Kier molecular flexibility index (Phi) is 5.35. The first-order chi connectivity index (χ1) is 13.2. The first kappa shape index (κ1) is 18.3. The van der Waals surface area contributed by atoms with Crippen LogP contribution in [-0.4, -0.2) is 35.7 Å². The van der Waals surface area contributed by atoms with E-state index in [4.69, 9.17) is 21.3 Å². The Morgan fingerprint density at radius 1 is 1.19 bits per heavy atom. The number of hydrogen-bond donors (Lipinski definition) is 0. The number of rotatable bonds is 1. The van der Waals surface area contributed by atoms with Gasteiger partial charge in [0.1, 0.15) is 0 Å². The number of fused-ring (bicyclic) bond motifs is 1. The minimum absolute atomic E-state index is 0.201. The van der Waals surface area contributed by atoms with E-state index in [9.17, 15) is 4.79 Å². The van der Waals surface area contributed by atoms with E-state index in [-0.39, 0.29) is 6.09 Å². The molecule has 4 rings (SSSR count). The highest BCUT2D eigenvalue weighted by atomic mass is 35.5. The molecule has 3 aliphatic rings. The van der Waals surface area contributed by atoms with E-state index >= 15 is 0 Å². The molecule has 1 aliphatic heterocycles. The largest absolute Gasteiger partial charge is 0.450 e. The Hall–Kier alpha value is -2.07. The number of halogens is 1. The van der Waals surface area contributed by atoms with Crippen LogP contribution in [0.4, 0.5) is 4.79 Å². The maximum absolute atomic E-state index is 12.0. The van der Waals surface area contributed by atoms with Gasteiger partial charge in [0, 0.05) is 29.9 Å². The number of pyridine rings is 1. The fourth-order valence-corrected chi connectivity index (χ4v) is 4.57. The number of allylic oxidation sites excluding steroid dienone is 5. The monoisotopic (exact) mass is 384 g/mol. The van der Waals surface area contributed by atoms with Crippen LogP contribution in [0.5, 0.6) is 0 Å². The van der Waals surface area contributed by atoms with Gasteiger partial charge in [-0.25, -0.2) is 4.79 Å². The average molecular weight is 385 g/mol. The fraction of sp³-hybridized carbons (Fsp3) is 0.455. The highest BCUT2D eigenvalue weighted by Crippen LogP contribution is 2.43. The summed E-state index contributed by atoms with van der Waals surface area (Å²) in [4.78, 5) is 18.6. The van der Waals surface area contributed by atoms with Gasteiger partial charge in [0.25, 0.3) is 0 Å². The summed E-state index contributed by atoms with van der Waals surface area (Å²) in [5.74, 6) is 0. The van der Waals surface area contributed by atoms with Crippen molar-refractivity contribution in [3.63, 3.8) is 0 Å². The van der Waals surface area contributed by atoms with Gasteiger partial charge < -0.3 is 9.64 Å². The van der Waals surface area contributed by atoms with Gasteiger partial charge >= 0.3 is 6.09 Å². The first-order valence-electron chi connectivity index (χ1n) is 9.83. The number of piperidine rings is 1. The van der Waals surface area contributed by atoms with E-state index in [1.807, 2.05) is 24.1 Å². The molecule has 0 bridgehead atoms. The first-order valence-corrected chi connectivity index (χ1v) is 10.2. The minimum Gasteiger partial charge on any atom is -0.450 e. The molecule has 0 saturated carbocycles. The molecule has 2 heterocycles. The standard InChI is InChI=1S/C22H25ClN2O2/c1-2-27-22(26)25-12-9-15(10-13-25)20-19-8-7-18(23)14-17(19)6-5-16-4-3-11-24-21(16)20/h3-4,11,14H,2,5-10,12-13H2,1H3. The number of aryl methyl sites for hydroxylation is 1. The molecule has 142 valence electrons. The van der Waals surface area contributed by atoms with Crippen molar-refractivity contribution < 1.29 is 9.53 Å². The maximum atomic E-state index is 12.0. The molecule has 0 N–H and O–H groups in total. The van der Waals surface area contributed by atoms with Crippen LogP contribution < -0.4 is 0 Å². The molecule has 4 nitrogen and oxygen atoms in total. The van der Waals surface area contributed by atoms with Gasteiger partial charge in [-0.2, -0.15) is 0 Å². The van der Waals surface area contributed by atoms with Crippen LogP contribution in [0.1, 0.15) is 50.3 Å². The number of aromatic nitrogens is 1. The summed E-state index contributed by atoms with van der Waals surface area (Å²) in [5.41, 5.74) is 7.95. The number of likely N-dealkylation sites (tertiary alicyclic amines) is 1. The SMILES string of the molecule is CCOC(=O)N1CCC(=C2C3=C(C=C(Cl)CC3)CCc3cccnc32)CC1. The van der Waals surface area contributed by atoms with Gasteiger partial charge in [0.15, 0.2) is 0 Å². The van der Waals surface area contributed by atoms with E-state index in [0.717, 1.165) is 49.3 Å². The minimum atomic E-state index is -0.201. The van der Waals surface area contributed by atoms with Gasteiger partial charge in [0.2, 0.25) is 0 Å². The lowest BCUT2D eigenvalue weighted by Gasteiger charge is -2.30. The van der Waals surface area contributed by atoms with Crippen molar-refractivity contribution in [1.29, 1.82) is 0 Å². The van der Waals surface area contributed by atoms with Crippen molar-refractivity contribution in [3.05, 3.63) is 57.4 Å². The second kappa shape index (κ2) is 7.89. The van der Waals surface area contributed by atoms with Crippen molar-refractivity contribution in [3.8, 4) is 0 Å². The molecular formula is C22H25ClN2O2. The molecule has 1 aromatic rings. The predicted octanol–water partition coefficient (Wildman–Crippen LogP) is 5.25. The number of carbonyl (C=O) groups excluding carboxylic acids is 1. The van der Waals surface area contributed by atoms with Crippen molar-refractivity contribution >= 4 is 23.3 Å². The molecule has 0 unspecified atom stereocenters.